The summed E-state index contributed by atoms with van der Waals surface area (Å²) in [6.07, 6.45) is 4.89. The summed E-state index contributed by atoms with van der Waals surface area (Å²) in [4.78, 5) is 24.1. The molecule has 1 aromatic heterocycles. The minimum Gasteiger partial charge on any atom is -0.481 e. The van der Waals surface area contributed by atoms with Crippen molar-refractivity contribution in [1.82, 2.24) is 4.98 Å². The fourth-order valence-electron chi connectivity index (χ4n) is 1.57. The highest BCUT2D eigenvalue weighted by atomic mass is 16.6. The fraction of sp³-hybridized carbons (Fsp3) is 0.500. The van der Waals surface area contributed by atoms with Gasteiger partial charge in [-0.15, -0.1) is 0 Å². The maximum atomic E-state index is 10.4. The number of hydrogen-bond donors (Lipinski definition) is 2. The third-order valence-corrected chi connectivity index (χ3v) is 2.58. The molecule has 104 valence electrons. The molecule has 0 bridgehead atoms. The van der Waals surface area contributed by atoms with E-state index in [4.69, 9.17) is 5.11 Å². The molecular formula is C12H17N3O4. The molecule has 0 saturated heterocycles. The van der Waals surface area contributed by atoms with E-state index in [1.54, 1.807) is 6.07 Å². The Hall–Kier alpha value is -2.18. The number of nitrogens with zero attached hydrogens (tertiary/aromatic N) is 2. The van der Waals surface area contributed by atoms with Crippen molar-refractivity contribution in [3.63, 3.8) is 0 Å². The molecule has 0 amide bonds. The molecule has 7 heteroatoms. The van der Waals surface area contributed by atoms with Crippen LogP contribution in [0, 0.1) is 10.1 Å². The minimum atomic E-state index is -0.756. The van der Waals surface area contributed by atoms with Crippen molar-refractivity contribution in [2.45, 2.75) is 32.1 Å². The average Bonchev–Trinajstić information content (AvgIpc) is 2.38. The lowest BCUT2D eigenvalue weighted by Crippen LogP contribution is -2.03. The molecule has 0 aromatic carbocycles. The van der Waals surface area contributed by atoms with Crippen molar-refractivity contribution in [1.29, 1.82) is 0 Å². The van der Waals surface area contributed by atoms with Gasteiger partial charge < -0.3 is 10.4 Å². The van der Waals surface area contributed by atoms with Gasteiger partial charge in [0.05, 0.1) is 4.92 Å². The van der Waals surface area contributed by atoms with Crippen LogP contribution >= 0.6 is 0 Å². The molecule has 0 fully saturated rings. The van der Waals surface area contributed by atoms with Gasteiger partial charge in [-0.1, -0.05) is 12.8 Å². The average molecular weight is 267 g/mol. The largest absolute Gasteiger partial charge is 0.481 e. The van der Waals surface area contributed by atoms with Gasteiger partial charge in [-0.05, 0) is 18.9 Å². The molecule has 19 heavy (non-hydrogen) atoms. The number of aromatic nitrogens is 1. The zero-order valence-corrected chi connectivity index (χ0v) is 10.5. The third-order valence-electron chi connectivity index (χ3n) is 2.58. The van der Waals surface area contributed by atoms with Crippen molar-refractivity contribution in [3.8, 4) is 0 Å². The second-order valence-electron chi connectivity index (χ2n) is 4.14. The van der Waals surface area contributed by atoms with Crippen LogP contribution in [0.1, 0.15) is 32.1 Å². The second kappa shape index (κ2) is 8.02. The van der Waals surface area contributed by atoms with Gasteiger partial charge in [0, 0.05) is 19.0 Å². The van der Waals surface area contributed by atoms with Gasteiger partial charge in [0.1, 0.15) is 12.0 Å². The van der Waals surface area contributed by atoms with Gasteiger partial charge in [0.2, 0.25) is 0 Å². The summed E-state index contributed by atoms with van der Waals surface area (Å²) in [7, 11) is 0. The third kappa shape index (κ3) is 6.35. The predicted octanol–water partition coefficient (Wildman–Crippen LogP) is 2.44. The van der Waals surface area contributed by atoms with E-state index in [0.717, 1.165) is 25.8 Å². The summed E-state index contributed by atoms with van der Waals surface area (Å²) in [6.45, 7) is 0.720. The number of rotatable bonds is 9. The highest BCUT2D eigenvalue weighted by molar-refractivity contribution is 5.66. The Morgan fingerprint density at radius 2 is 2.05 bits per heavy atom. The Kier molecular flexibility index (Phi) is 6.28. The highest BCUT2D eigenvalue weighted by Crippen LogP contribution is 2.12. The van der Waals surface area contributed by atoms with Gasteiger partial charge in [0.15, 0.2) is 0 Å². The first-order chi connectivity index (χ1) is 9.09. The Labute approximate surface area is 110 Å². The quantitative estimate of drug-likeness (QED) is 0.404. The maximum absolute atomic E-state index is 10.4. The van der Waals surface area contributed by atoms with Crippen molar-refractivity contribution in [2.75, 3.05) is 11.9 Å². The Morgan fingerprint density at radius 3 is 2.63 bits per heavy atom. The van der Waals surface area contributed by atoms with Crippen LogP contribution in [-0.4, -0.2) is 27.5 Å². The Bertz CT molecular complexity index is 419. The molecule has 0 spiro atoms. The number of carboxylic acids is 1. The molecule has 1 rings (SSSR count). The van der Waals surface area contributed by atoms with Crippen LogP contribution in [0.5, 0.6) is 0 Å². The highest BCUT2D eigenvalue weighted by Gasteiger charge is 2.04. The van der Waals surface area contributed by atoms with Crippen molar-refractivity contribution in [2.24, 2.45) is 0 Å². The van der Waals surface area contributed by atoms with Crippen molar-refractivity contribution >= 4 is 17.5 Å². The molecule has 1 heterocycles. The van der Waals surface area contributed by atoms with Gasteiger partial charge in [0.25, 0.3) is 5.69 Å². The lowest BCUT2D eigenvalue weighted by atomic mass is 10.1. The van der Waals surface area contributed by atoms with Gasteiger partial charge in [-0.3, -0.25) is 14.9 Å². The van der Waals surface area contributed by atoms with Crippen LogP contribution in [0.4, 0.5) is 11.5 Å². The molecule has 1 aromatic rings. The van der Waals surface area contributed by atoms with E-state index in [9.17, 15) is 14.9 Å². The van der Waals surface area contributed by atoms with Crippen LogP contribution in [0.2, 0.25) is 0 Å². The van der Waals surface area contributed by atoms with Gasteiger partial charge in [-0.2, -0.15) is 0 Å². The number of hydrogen-bond acceptors (Lipinski definition) is 5. The molecule has 2 N–H and O–H groups in total. The standard InChI is InChI=1S/C12H17N3O4/c16-12(17)5-3-1-2-4-8-13-11-7-6-10(9-14-11)15(18)19/h6-7,9H,1-5,8H2,(H,13,14)(H,16,17). The summed E-state index contributed by atoms with van der Waals surface area (Å²) in [5.41, 5.74) is -0.0285. The molecule has 0 atom stereocenters. The smallest absolute Gasteiger partial charge is 0.303 e. The number of unbranched alkanes of at least 4 members (excludes halogenated alkanes) is 3. The summed E-state index contributed by atoms with van der Waals surface area (Å²) in [5, 5.41) is 21.9. The normalized spacial score (nSPS) is 10.1. The zero-order chi connectivity index (χ0) is 14.1. The summed E-state index contributed by atoms with van der Waals surface area (Å²) in [6, 6.07) is 2.98. The number of carbonyl (C=O) groups is 1. The lowest BCUT2D eigenvalue weighted by molar-refractivity contribution is -0.385. The van der Waals surface area contributed by atoms with Gasteiger partial charge in [-0.25, -0.2) is 4.98 Å². The predicted molar refractivity (Wildman–Crippen MR) is 70.1 cm³/mol. The maximum Gasteiger partial charge on any atom is 0.303 e. The summed E-state index contributed by atoms with van der Waals surface area (Å²) < 4.78 is 0. The van der Waals surface area contributed by atoms with Crippen LogP contribution in [0.25, 0.3) is 0 Å². The fourth-order valence-corrected chi connectivity index (χ4v) is 1.57. The van der Waals surface area contributed by atoms with E-state index < -0.39 is 10.9 Å². The van der Waals surface area contributed by atoms with E-state index in [-0.39, 0.29) is 12.1 Å². The molecule has 0 radical (unpaired) electrons. The van der Waals surface area contributed by atoms with Crippen LogP contribution < -0.4 is 5.32 Å². The molecule has 0 aliphatic carbocycles. The SMILES string of the molecule is O=C(O)CCCCCCNc1ccc([N+](=O)[O-])cn1. The molecule has 7 nitrogen and oxygen atoms in total. The lowest BCUT2D eigenvalue weighted by Gasteiger charge is -2.04. The number of pyridine rings is 1. The molecule has 0 aliphatic rings. The first-order valence-electron chi connectivity index (χ1n) is 6.15. The number of nitrogens with one attached hydrogen (secondary N) is 1. The monoisotopic (exact) mass is 267 g/mol. The van der Waals surface area contributed by atoms with Crippen LogP contribution in [0.15, 0.2) is 18.3 Å². The van der Waals surface area contributed by atoms with Gasteiger partial charge >= 0.3 is 5.97 Å². The molecule has 0 aliphatic heterocycles. The van der Waals surface area contributed by atoms with E-state index in [1.165, 1.54) is 12.3 Å². The summed E-state index contributed by atoms with van der Waals surface area (Å²) in [5.74, 6) is -0.149. The number of anilines is 1. The number of carboxylic acid groups (broad SMARTS) is 1. The van der Waals surface area contributed by atoms with Crippen molar-refractivity contribution in [3.05, 3.63) is 28.4 Å². The van der Waals surface area contributed by atoms with E-state index in [1.807, 2.05) is 0 Å². The second-order valence-corrected chi connectivity index (χ2v) is 4.14. The van der Waals surface area contributed by atoms with Crippen LogP contribution in [-0.2, 0) is 4.79 Å². The molecular weight excluding hydrogens is 250 g/mol. The van der Waals surface area contributed by atoms with E-state index in [0.29, 0.717) is 12.2 Å². The van der Waals surface area contributed by atoms with Crippen molar-refractivity contribution < 1.29 is 14.8 Å². The van der Waals surface area contributed by atoms with Crippen LogP contribution in [0.3, 0.4) is 0 Å². The van der Waals surface area contributed by atoms with E-state index in [2.05, 4.69) is 10.3 Å². The molecule has 0 saturated carbocycles. The first kappa shape index (κ1) is 14.9. The summed E-state index contributed by atoms with van der Waals surface area (Å²) >= 11 is 0. The molecule has 0 unspecified atom stereocenters. The minimum absolute atomic E-state index is 0.0285. The van der Waals surface area contributed by atoms with E-state index >= 15 is 0 Å². The Balaban J connectivity index is 2.12. The first-order valence-corrected chi connectivity index (χ1v) is 6.15. The number of nitro groups is 1. The zero-order valence-electron chi connectivity index (χ0n) is 10.5. The Morgan fingerprint density at radius 1 is 1.32 bits per heavy atom. The number of aliphatic carboxylic acids is 1. The topological polar surface area (TPSA) is 105 Å².